The van der Waals surface area contributed by atoms with Crippen molar-refractivity contribution < 1.29 is 27.8 Å². The zero-order chi connectivity index (χ0) is 20.4. The summed E-state index contributed by atoms with van der Waals surface area (Å²) in [5.74, 6) is -0.123. The molecule has 8 nitrogen and oxygen atoms in total. The average Bonchev–Trinajstić information content (AvgIpc) is 2.70. The lowest BCUT2D eigenvalue weighted by Gasteiger charge is -2.32. The van der Waals surface area contributed by atoms with Gasteiger partial charge in [0.25, 0.3) is 0 Å². The number of aliphatic hydroxyl groups excluding tert-OH is 1. The van der Waals surface area contributed by atoms with Crippen LogP contribution in [0.25, 0.3) is 0 Å². The summed E-state index contributed by atoms with van der Waals surface area (Å²) in [4.78, 5) is 13.7. The van der Waals surface area contributed by atoms with Gasteiger partial charge in [-0.3, -0.25) is 0 Å². The predicted molar refractivity (Wildman–Crippen MR) is 105 cm³/mol. The van der Waals surface area contributed by atoms with E-state index in [9.17, 15) is 13.2 Å². The van der Waals surface area contributed by atoms with Crippen LogP contribution in [0.1, 0.15) is 25.3 Å². The molecule has 1 aliphatic rings. The number of rotatable bonds is 10. The summed E-state index contributed by atoms with van der Waals surface area (Å²) < 4.78 is 38.1. The number of aliphatic hydroxyl groups is 1. The van der Waals surface area contributed by atoms with E-state index in [2.05, 4.69) is 4.72 Å². The second-order valence-electron chi connectivity index (χ2n) is 6.90. The third-order valence-electron chi connectivity index (χ3n) is 4.71. The third kappa shape index (κ3) is 7.75. The van der Waals surface area contributed by atoms with E-state index < -0.39 is 22.2 Å². The van der Waals surface area contributed by atoms with Gasteiger partial charge >= 0.3 is 6.09 Å². The fourth-order valence-corrected chi connectivity index (χ4v) is 4.28. The van der Waals surface area contributed by atoms with Crippen molar-refractivity contribution in [2.75, 3.05) is 38.6 Å². The quantitative estimate of drug-likeness (QED) is 0.599. The molecule has 2 N–H and O–H groups in total. The Bertz CT molecular complexity index is 698. The van der Waals surface area contributed by atoms with Gasteiger partial charge in [0.15, 0.2) is 0 Å². The topological polar surface area (TPSA) is 105 Å². The van der Waals surface area contributed by atoms with Crippen molar-refractivity contribution in [1.29, 1.82) is 0 Å². The van der Waals surface area contributed by atoms with Crippen molar-refractivity contribution in [3.63, 3.8) is 0 Å². The van der Waals surface area contributed by atoms with Crippen LogP contribution in [0.2, 0.25) is 0 Å². The van der Waals surface area contributed by atoms with Crippen LogP contribution in [0.15, 0.2) is 30.3 Å². The average molecular weight is 415 g/mol. The van der Waals surface area contributed by atoms with Crippen LogP contribution in [0.5, 0.6) is 0 Å². The molecule has 1 aromatic rings. The fourth-order valence-electron chi connectivity index (χ4n) is 2.98. The molecule has 0 spiro atoms. The van der Waals surface area contributed by atoms with Gasteiger partial charge in [-0.05, 0) is 17.9 Å². The number of nitrogens with zero attached hydrogens (tertiary/aromatic N) is 1. The number of ether oxygens (including phenoxy) is 2. The number of nitrogens with one attached hydrogen (secondary N) is 1. The molecule has 1 aromatic carbocycles. The SMILES string of the molecule is CCC(CCO)CNS(=O)(=O)CC1CN(C(=O)OCc2ccccc2)CCO1. The fraction of sp³-hybridized carbons (Fsp3) is 0.632. The highest BCUT2D eigenvalue weighted by Crippen LogP contribution is 2.11. The third-order valence-corrected chi connectivity index (χ3v) is 6.13. The van der Waals surface area contributed by atoms with E-state index in [-0.39, 0.29) is 44.6 Å². The Balaban J connectivity index is 1.80. The number of morpholine rings is 1. The van der Waals surface area contributed by atoms with Gasteiger partial charge in [-0.1, -0.05) is 43.7 Å². The molecule has 28 heavy (non-hydrogen) atoms. The highest BCUT2D eigenvalue weighted by Gasteiger charge is 2.29. The Kier molecular flexibility index (Phi) is 9.17. The molecule has 0 aromatic heterocycles. The maximum absolute atomic E-state index is 12.3. The first-order valence-corrected chi connectivity index (χ1v) is 11.2. The zero-order valence-corrected chi connectivity index (χ0v) is 17.1. The van der Waals surface area contributed by atoms with E-state index in [1.165, 1.54) is 4.90 Å². The molecule has 2 unspecified atom stereocenters. The normalized spacial score (nSPS) is 18.6. The lowest BCUT2D eigenvalue weighted by molar-refractivity contribution is -0.0179. The second kappa shape index (κ2) is 11.4. The van der Waals surface area contributed by atoms with E-state index in [4.69, 9.17) is 14.6 Å². The first-order chi connectivity index (χ1) is 13.4. The van der Waals surface area contributed by atoms with Gasteiger partial charge in [-0.25, -0.2) is 17.9 Å². The lowest BCUT2D eigenvalue weighted by Crippen LogP contribution is -2.49. The molecule has 0 saturated carbocycles. The Morgan fingerprint density at radius 1 is 1.39 bits per heavy atom. The standard InChI is InChI=1S/C19H30N2O6S/c1-2-16(8-10-22)12-20-28(24,25)15-18-13-21(9-11-26-18)19(23)27-14-17-6-4-3-5-7-17/h3-7,16,18,20,22H,2,8-15H2,1H3. The first kappa shape index (κ1) is 22.6. The summed E-state index contributed by atoms with van der Waals surface area (Å²) in [7, 11) is -3.54. The number of carbonyl (C=O) groups is 1. The van der Waals surface area contributed by atoms with E-state index in [1.807, 2.05) is 37.3 Å². The monoisotopic (exact) mass is 414 g/mol. The van der Waals surface area contributed by atoms with Crippen LogP contribution in [-0.4, -0.2) is 69.2 Å². The number of benzene rings is 1. The van der Waals surface area contributed by atoms with Crippen LogP contribution in [-0.2, 0) is 26.1 Å². The Morgan fingerprint density at radius 2 is 2.14 bits per heavy atom. The highest BCUT2D eigenvalue weighted by molar-refractivity contribution is 7.89. The minimum atomic E-state index is -3.54. The summed E-state index contributed by atoms with van der Waals surface area (Å²) in [5.41, 5.74) is 0.890. The largest absolute Gasteiger partial charge is 0.445 e. The van der Waals surface area contributed by atoms with Crippen molar-refractivity contribution in [2.45, 2.75) is 32.5 Å². The van der Waals surface area contributed by atoms with E-state index >= 15 is 0 Å². The second-order valence-corrected chi connectivity index (χ2v) is 8.75. The number of hydrogen-bond acceptors (Lipinski definition) is 6. The van der Waals surface area contributed by atoms with Crippen molar-refractivity contribution in [3.05, 3.63) is 35.9 Å². The molecule has 0 radical (unpaired) electrons. The molecule has 1 fully saturated rings. The van der Waals surface area contributed by atoms with Crippen molar-refractivity contribution in [3.8, 4) is 0 Å². The first-order valence-electron chi connectivity index (χ1n) is 9.59. The minimum Gasteiger partial charge on any atom is -0.445 e. The van der Waals surface area contributed by atoms with Gasteiger partial charge in [0.2, 0.25) is 10.0 Å². The van der Waals surface area contributed by atoms with E-state index in [0.29, 0.717) is 13.0 Å². The van der Waals surface area contributed by atoms with Gasteiger partial charge in [0.05, 0.1) is 25.0 Å². The summed E-state index contributed by atoms with van der Waals surface area (Å²) in [5, 5.41) is 9.01. The number of sulfonamides is 1. The summed E-state index contributed by atoms with van der Waals surface area (Å²) >= 11 is 0. The molecular weight excluding hydrogens is 384 g/mol. The van der Waals surface area contributed by atoms with E-state index in [1.54, 1.807) is 0 Å². The van der Waals surface area contributed by atoms with Crippen molar-refractivity contribution >= 4 is 16.1 Å². The molecule has 1 heterocycles. The summed E-state index contributed by atoms with van der Waals surface area (Å²) in [6.45, 7) is 3.25. The van der Waals surface area contributed by atoms with Gasteiger partial charge in [-0.2, -0.15) is 0 Å². The lowest BCUT2D eigenvalue weighted by atomic mass is 10.0. The minimum absolute atomic E-state index is 0.0338. The Labute approximate surface area is 166 Å². The van der Waals surface area contributed by atoms with Gasteiger partial charge < -0.3 is 19.5 Å². The Hall–Kier alpha value is -1.68. The molecular formula is C19H30N2O6S. The van der Waals surface area contributed by atoms with Crippen LogP contribution in [0, 0.1) is 5.92 Å². The van der Waals surface area contributed by atoms with Crippen molar-refractivity contribution in [2.24, 2.45) is 5.92 Å². The van der Waals surface area contributed by atoms with Crippen LogP contribution in [0.3, 0.4) is 0 Å². The van der Waals surface area contributed by atoms with Gasteiger partial charge in [0.1, 0.15) is 6.61 Å². The molecule has 2 atom stereocenters. The maximum Gasteiger partial charge on any atom is 0.410 e. The molecule has 1 aliphatic heterocycles. The molecule has 0 bridgehead atoms. The van der Waals surface area contributed by atoms with Crippen LogP contribution in [0.4, 0.5) is 4.79 Å². The highest BCUT2D eigenvalue weighted by atomic mass is 32.2. The number of amides is 1. The van der Waals surface area contributed by atoms with E-state index in [0.717, 1.165) is 12.0 Å². The van der Waals surface area contributed by atoms with Crippen LogP contribution >= 0.6 is 0 Å². The smallest absolute Gasteiger partial charge is 0.410 e. The molecule has 2 rings (SSSR count). The van der Waals surface area contributed by atoms with Gasteiger partial charge in [0, 0.05) is 19.7 Å². The molecule has 158 valence electrons. The molecule has 0 aliphatic carbocycles. The van der Waals surface area contributed by atoms with Gasteiger partial charge in [-0.15, -0.1) is 0 Å². The Morgan fingerprint density at radius 3 is 2.82 bits per heavy atom. The molecule has 9 heteroatoms. The van der Waals surface area contributed by atoms with Crippen LogP contribution < -0.4 is 4.72 Å². The number of carbonyl (C=O) groups excluding carboxylic acids is 1. The number of hydrogen-bond donors (Lipinski definition) is 2. The molecule has 1 amide bonds. The zero-order valence-electron chi connectivity index (χ0n) is 16.2. The maximum atomic E-state index is 12.3. The summed E-state index contributed by atoms with van der Waals surface area (Å²) in [6, 6.07) is 9.37. The summed E-state index contributed by atoms with van der Waals surface area (Å²) in [6.07, 6.45) is 0.259. The van der Waals surface area contributed by atoms with Crippen molar-refractivity contribution in [1.82, 2.24) is 9.62 Å². The predicted octanol–water partition coefficient (Wildman–Crippen LogP) is 1.35. The molecule has 1 saturated heterocycles.